The molecule has 2 fully saturated rings. The molecule has 1 spiro atoms. The molecule has 5 rings (SSSR count). The van der Waals surface area contributed by atoms with E-state index in [4.69, 9.17) is 4.42 Å². The molecule has 2 aliphatic heterocycles. The first-order valence-corrected chi connectivity index (χ1v) is 11.3. The molecule has 8 nitrogen and oxygen atoms in total. The van der Waals surface area contributed by atoms with Crippen LogP contribution < -0.4 is 0 Å². The van der Waals surface area contributed by atoms with Gasteiger partial charge in [0.25, 0.3) is 0 Å². The first kappa shape index (κ1) is 20.0. The summed E-state index contributed by atoms with van der Waals surface area (Å²) < 4.78 is 7.25. The number of amides is 2. The number of furan rings is 1. The first-order valence-electron chi connectivity index (χ1n) is 10.4. The molecule has 5 heterocycles. The van der Waals surface area contributed by atoms with E-state index in [0.29, 0.717) is 38.4 Å². The average Bonchev–Trinajstić information content (AvgIpc) is 3.54. The number of hydrogen-bond donors (Lipinski definition) is 0. The van der Waals surface area contributed by atoms with Gasteiger partial charge in [0.15, 0.2) is 0 Å². The largest absolute Gasteiger partial charge is 0.469 e. The summed E-state index contributed by atoms with van der Waals surface area (Å²) in [6.07, 6.45) is 6.20. The van der Waals surface area contributed by atoms with Gasteiger partial charge in [0.2, 0.25) is 11.8 Å². The lowest BCUT2D eigenvalue weighted by molar-refractivity contribution is -0.137. The van der Waals surface area contributed by atoms with E-state index in [9.17, 15) is 9.59 Å². The number of likely N-dealkylation sites (tertiary alicyclic amines) is 2. The van der Waals surface area contributed by atoms with Crippen LogP contribution >= 0.6 is 11.3 Å². The minimum absolute atomic E-state index is 0.0193. The minimum atomic E-state index is -0.641. The number of hydrogen-bond acceptors (Lipinski definition) is 6. The van der Waals surface area contributed by atoms with Crippen LogP contribution in [0.1, 0.15) is 34.5 Å². The van der Waals surface area contributed by atoms with Gasteiger partial charge in [-0.15, -0.1) is 11.3 Å². The Morgan fingerprint density at radius 1 is 1.42 bits per heavy atom. The molecule has 0 bridgehead atoms. The lowest BCUT2D eigenvalue weighted by Crippen LogP contribution is -2.40. The van der Waals surface area contributed by atoms with Gasteiger partial charge in [-0.05, 0) is 25.5 Å². The van der Waals surface area contributed by atoms with Crippen LogP contribution in [0.15, 0.2) is 40.7 Å². The summed E-state index contributed by atoms with van der Waals surface area (Å²) in [7, 11) is 1.92. The summed E-state index contributed by atoms with van der Waals surface area (Å²) >= 11 is 1.60. The highest BCUT2D eigenvalue weighted by Gasteiger charge is 2.58. The van der Waals surface area contributed by atoms with Gasteiger partial charge in [-0.1, -0.05) is 0 Å². The molecule has 162 valence electrons. The molecule has 9 heteroatoms. The molecule has 0 saturated carbocycles. The maximum absolute atomic E-state index is 13.7. The molecule has 3 aromatic rings. The molecule has 2 amide bonds. The van der Waals surface area contributed by atoms with Gasteiger partial charge in [-0.2, -0.15) is 0 Å². The van der Waals surface area contributed by atoms with Gasteiger partial charge in [-0.3, -0.25) is 9.59 Å². The summed E-state index contributed by atoms with van der Waals surface area (Å²) in [5, 5.41) is 3.01. The molecule has 2 atom stereocenters. The SMILES string of the molecule is Cc1nc(CN2CC[C@@]3(CN(C(=O)Cc4ccco4)C[C@@H]3c3cn(C)cn3)C2=O)cs1. The van der Waals surface area contributed by atoms with Crippen molar-refractivity contribution >= 4 is 23.2 Å². The fourth-order valence-electron chi connectivity index (χ4n) is 4.92. The highest BCUT2D eigenvalue weighted by Crippen LogP contribution is 2.49. The van der Waals surface area contributed by atoms with Crippen LogP contribution in [-0.4, -0.2) is 55.8 Å². The van der Waals surface area contributed by atoms with Crippen molar-refractivity contribution in [3.63, 3.8) is 0 Å². The van der Waals surface area contributed by atoms with E-state index in [0.717, 1.165) is 16.4 Å². The van der Waals surface area contributed by atoms with Gasteiger partial charge in [0.05, 0.1) is 47.4 Å². The molecule has 0 unspecified atom stereocenters. The van der Waals surface area contributed by atoms with E-state index in [1.165, 1.54) is 0 Å². The molecule has 3 aromatic heterocycles. The molecule has 0 N–H and O–H groups in total. The molecule has 2 aliphatic rings. The Morgan fingerprint density at radius 3 is 2.97 bits per heavy atom. The molecule has 0 radical (unpaired) electrons. The van der Waals surface area contributed by atoms with Crippen LogP contribution in [0.2, 0.25) is 0 Å². The topological polar surface area (TPSA) is 84.5 Å². The van der Waals surface area contributed by atoms with E-state index in [1.54, 1.807) is 36.1 Å². The Bertz CT molecular complexity index is 1100. The lowest BCUT2D eigenvalue weighted by atomic mass is 9.75. The molecular weight excluding hydrogens is 414 g/mol. The highest BCUT2D eigenvalue weighted by atomic mass is 32.1. The Morgan fingerprint density at radius 2 is 2.29 bits per heavy atom. The number of aromatic nitrogens is 3. The van der Waals surface area contributed by atoms with Crippen LogP contribution in [0.25, 0.3) is 0 Å². The molecule has 0 aromatic carbocycles. The summed E-state index contributed by atoms with van der Waals surface area (Å²) in [5.74, 6) is 0.596. The van der Waals surface area contributed by atoms with Gasteiger partial charge >= 0.3 is 0 Å². The zero-order chi connectivity index (χ0) is 21.6. The van der Waals surface area contributed by atoms with E-state index < -0.39 is 5.41 Å². The van der Waals surface area contributed by atoms with Gasteiger partial charge < -0.3 is 18.8 Å². The van der Waals surface area contributed by atoms with Crippen LogP contribution in [0.5, 0.6) is 0 Å². The number of nitrogens with zero attached hydrogens (tertiary/aromatic N) is 5. The predicted octanol–water partition coefficient (Wildman–Crippen LogP) is 2.37. The lowest BCUT2D eigenvalue weighted by Gasteiger charge is -2.27. The predicted molar refractivity (Wildman–Crippen MR) is 114 cm³/mol. The number of carbonyl (C=O) groups is 2. The zero-order valence-corrected chi connectivity index (χ0v) is 18.5. The van der Waals surface area contributed by atoms with E-state index in [2.05, 4.69) is 9.97 Å². The standard InChI is InChI=1S/C22H25N5O3S/c1-15-24-16(12-31-15)9-26-6-5-22(21(26)29)13-27(20(28)8-17-4-3-7-30-17)10-18(22)19-11-25(2)14-23-19/h3-4,7,11-12,14,18H,5-6,8-10,13H2,1-2H3/t18-,22+/m1/s1. The van der Waals surface area contributed by atoms with Crippen LogP contribution in [0, 0.1) is 12.3 Å². The van der Waals surface area contributed by atoms with Crippen molar-refractivity contribution in [2.24, 2.45) is 12.5 Å². The Balaban J connectivity index is 1.41. The normalized spacial score (nSPS) is 23.4. The van der Waals surface area contributed by atoms with Gasteiger partial charge in [0.1, 0.15) is 5.76 Å². The second kappa shape index (κ2) is 7.64. The smallest absolute Gasteiger partial charge is 0.231 e. The van der Waals surface area contributed by atoms with Gasteiger partial charge in [0, 0.05) is 44.2 Å². The third-order valence-electron chi connectivity index (χ3n) is 6.44. The third-order valence-corrected chi connectivity index (χ3v) is 7.27. The van der Waals surface area contributed by atoms with Gasteiger partial charge in [-0.25, -0.2) is 9.97 Å². The summed E-state index contributed by atoms with van der Waals surface area (Å²) in [6, 6.07) is 3.58. The fraction of sp³-hybridized carbons (Fsp3) is 0.455. The van der Waals surface area contributed by atoms with Crippen LogP contribution in [0.4, 0.5) is 0 Å². The van der Waals surface area contributed by atoms with E-state index in [1.807, 2.05) is 39.9 Å². The molecule has 2 saturated heterocycles. The maximum Gasteiger partial charge on any atom is 0.231 e. The number of aryl methyl sites for hydroxylation is 2. The minimum Gasteiger partial charge on any atom is -0.469 e. The molecule has 31 heavy (non-hydrogen) atoms. The van der Waals surface area contributed by atoms with Crippen molar-refractivity contribution < 1.29 is 14.0 Å². The third kappa shape index (κ3) is 3.56. The number of imidazole rings is 1. The van der Waals surface area contributed by atoms with E-state index >= 15 is 0 Å². The number of carbonyl (C=O) groups excluding carboxylic acids is 2. The summed E-state index contributed by atoms with van der Waals surface area (Å²) in [5.41, 5.74) is 1.15. The summed E-state index contributed by atoms with van der Waals surface area (Å²) in [6.45, 7) is 4.06. The number of rotatable bonds is 5. The van der Waals surface area contributed by atoms with Crippen molar-refractivity contribution in [1.29, 1.82) is 0 Å². The van der Waals surface area contributed by atoms with E-state index in [-0.39, 0.29) is 24.2 Å². The van der Waals surface area contributed by atoms with Crippen LogP contribution in [0.3, 0.4) is 0 Å². The second-order valence-electron chi connectivity index (χ2n) is 8.54. The number of thiazole rings is 1. The molecular formula is C22H25N5O3S. The van der Waals surface area contributed by atoms with Crippen molar-refractivity contribution in [3.05, 3.63) is 58.5 Å². The second-order valence-corrected chi connectivity index (χ2v) is 9.60. The Labute approximate surface area is 184 Å². The monoisotopic (exact) mass is 439 g/mol. The zero-order valence-electron chi connectivity index (χ0n) is 17.7. The van der Waals surface area contributed by atoms with Crippen molar-refractivity contribution in [2.45, 2.75) is 32.2 Å². The van der Waals surface area contributed by atoms with Crippen molar-refractivity contribution in [3.8, 4) is 0 Å². The first-order chi connectivity index (χ1) is 14.9. The Kier molecular flexibility index (Phi) is 4.92. The summed E-state index contributed by atoms with van der Waals surface area (Å²) in [4.78, 5) is 39.5. The molecule has 0 aliphatic carbocycles. The van der Waals surface area contributed by atoms with Crippen molar-refractivity contribution in [2.75, 3.05) is 19.6 Å². The Hall–Kier alpha value is -2.94. The maximum atomic E-state index is 13.7. The fourth-order valence-corrected chi connectivity index (χ4v) is 5.52. The highest BCUT2D eigenvalue weighted by molar-refractivity contribution is 7.09. The average molecular weight is 440 g/mol. The van der Waals surface area contributed by atoms with Crippen molar-refractivity contribution in [1.82, 2.24) is 24.3 Å². The quantitative estimate of drug-likeness (QED) is 0.609. The van der Waals surface area contributed by atoms with Crippen LogP contribution in [-0.2, 0) is 29.6 Å².